The van der Waals surface area contributed by atoms with Gasteiger partial charge in [0.25, 0.3) is 0 Å². The molecular weight excluding hydrogens is 414 g/mol. The fourth-order valence-electron chi connectivity index (χ4n) is 2.69. The maximum atomic E-state index is 12.4. The van der Waals surface area contributed by atoms with Crippen LogP contribution in [0.25, 0.3) is 11.4 Å². The molecule has 10 heteroatoms. The van der Waals surface area contributed by atoms with E-state index in [-0.39, 0.29) is 5.92 Å². The van der Waals surface area contributed by atoms with Crippen LogP contribution in [0.15, 0.2) is 52.2 Å². The van der Waals surface area contributed by atoms with Crippen molar-refractivity contribution < 1.29 is 14.0 Å². The van der Waals surface area contributed by atoms with Gasteiger partial charge >= 0.3 is 6.03 Å². The van der Waals surface area contributed by atoms with E-state index in [2.05, 4.69) is 15.5 Å². The summed E-state index contributed by atoms with van der Waals surface area (Å²) in [4.78, 5) is 23.5. The molecule has 0 bridgehead atoms. The first-order valence-electron chi connectivity index (χ1n) is 8.83. The normalized spacial score (nSPS) is 12.1. The second kappa shape index (κ2) is 9.15. The molecule has 1 atom stereocenters. The molecule has 0 saturated heterocycles. The van der Waals surface area contributed by atoms with Gasteiger partial charge in [0, 0.05) is 10.6 Å². The van der Waals surface area contributed by atoms with Crippen LogP contribution in [0.4, 0.5) is 4.79 Å². The van der Waals surface area contributed by atoms with E-state index in [1.165, 1.54) is 11.8 Å². The summed E-state index contributed by atoms with van der Waals surface area (Å²) in [6.45, 7) is 4.14. The number of furan rings is 1. The van der Waals surface area contributed by atoms with Gasteiger partial charge in [-0.25, -0.2) is 4.79 Å². The summed E-state index contributed by atoms with van der Waals surface area (Å²) in [5.74, 6) is 0.771. The predicted octanol–water partition coefficient (Wildman–Crippen LogP) is 3.55. The summed E-state index contributed by atoms with van der Waals surface area (Å²) in [5.41, 5.74) is 5.92. The minimum Gasteiger partial charge on any atom is -0.467 e. The van der Waals surface area contributed by atoms with Crippen LogP contribution in [-0.4, -0.2) is 32.0 Å². The number of carbonyl (C=O) groups excluding carboxylic acids is 2. The molecule has 0 aliphatic rings. The summed E-state index contributed by atoms with van der Waals surface area (Å²) in [5, 5.41) is 11.3. The van der Waals surface area contributed by atoms with Crippen molar-refractivity contribution in [1.82, 2.24) is 20.1 Å². The largest absolute Gasteiger partial charge is 0.467 e. The summed E-state index contributed by atoms with van der Waals surface area (Å²) in [6.07, 6.45) is 1.59. The minimum atomic E-state index is -0.889. The van der Waals surface area contributed by atoms with Crippen molar-refractivity contribution in [2.75, 3.05) is 0 Å². The fourth-order valence-corrected chi connectivity index (χ4v) is 3.85. The molecule has 2 heterocycles. The number of thioether (sulfide) groups is 1. The molecule has 3 N–H and O–H groups in total. The van der Waals surface area contributed by atoms with E-state index < -0.39 is 17.2 Å². The SMILES string of the molecule is CC(C)C(Sc1nnc(-c2ccc(Cl)cc2)n1Cc1ccco1)C(=O)NC(N)=O. The number of hydrogen-bond donors (Lipinski definition) is 2. The number of imide groups is 1. The van der Waals surface area contributed by atoms with Crippen molar-refractivity contribution in [1.29, 1.82) is 0 Å². The van der Waals surface area contributed by atoms with Gasteiger partial charge in [-0.15, -0.1) is 10.2 Å². The Balaban J connectivity index is 1.97. The first kappa shape index (κ1) is 20.9. The summed E-state index contributed by atoms with van der Waals surface area (Å²) >= 11 is 7.21. The quantitative estimate of drug-likeness (QED) is 0.550. The van der Waals surface area contributed by atoms with Crippen molar-refractivity contribution >= 4 is 35.3 Å². The molecular formula is C19H20ClN5O3S. The number of hydrogen-bond acceptors (Lipinski definition) is 6. The lowest BCUT2D eigenvalue weighted by atomic mass is 10.1. The van der Waals surface area contributed by atoms with Gasteiger partial charge in [0.2, 0.25) is 5.91 Å². The first-order valence-corrected chi connectivity index (χ1v) is 10.1. The second-order valence-electron chi connectivity index (χ2n) is 6.61. The third-order valence-corrected chi connectivity index (χ3v) is 5.83. The van der Waals surface area contributed by atoms with Crippen LogP contribution in [0, 0.1) is 5.92 Å². The van der Waals surface area contributed by atoms with Crippen LogP contribution < -0.4 is 11.1 Å². The molecule has 3 rings (SSSR count). The van der Waals surface area contributed by atoms with Gasteiger partial charge in [-0.2, -0.15) is 0 Å². The van der Waals surface area contributed by atoms with Crippen molar-refractivity contribution in [2.24, 2.45) is 11.7 Å². The zero-order chi connectivity index (χ0) is 21.0. The number of rotatable bonds is 7. The second-order valence-corrected chi connectivity index (χ2v) is 8.16. The lowest BCUT2D eigenvalue weighted by Crippen LogP contribution is -2.42. The Kier molecular flexibility index (Phi) is 6.60. The monoisotopic (exact) mass is 433 g/mol. The molecule has 3 aromatic rings. The van der Waals surface area contributed by atoms with E-state index >= 15 is 0 Å². The zero-order valence-electron chi connectivity index (χ0n) is 15.8. The number of aromatic nitrogens is 3. The highest BCUT2D eigenvalue weighted by Crippen LogP contribution is 2.31. The molecule has 152 valence electrons. The van der Waals surface area contributed by atoms with Crippen LogP contribution in [-0.2, 0) is 11.3 Å². The van der Waals surface area contributed by atoms with Gasteiger partial charge in [-0.3, -0.25) is 14.7 Å². The van der Waals surface area contributed by atoms with Crippen molar-refractivity contribution in [3.63, 3.8) is 0 Å². The molecule has 0 radical (unpaired) electrons. The van der Waals surface area contributed by atoms with E-state index in [0.717, 1.165) is 5.56 Å². The lowest BCUT2D eigenvalue weighted by Gasteiger charge is -2.18. The van der Waals surface area contributed by atoms with E-state index in [1.807, 2.05) is 36.6 Å². The van der Waals surface area contributed by atoms with Gasteiger partial charge in [0.1, 0.15) is 5.76 Å². The van der Waals surface area contributed by atoms with Crippen molar-refractivity contribution in [2.45, 2.75) is 30.8 Å². The van der Waals surface area contributed by atoms with Crippen LogP contribution in [0.1, 0.15) is 19.6 Å². The number of halogens is 1. The van der Waals surface area contributed by atoms with E-state index in [9.17, 15) is 9.59 Å². The molecule has 8 nitrogen and oxygen atoms in total. The van der Waals surface area contributed by atoms with Gasteiger partial charge < -0.3 is 10.2 Å². The Morgan fingerprint density at radius 1 is 1.24 bits per heavy atom. The number of nitrogens with zero attached hydrogens (tertiary/aromatic N) is 3. The first-order chi connectivity index (χ1) is 13.8. The Hall–Kier alpha value is -2.78. The van der Waals surface area contributed by atoms with Crippen molar-refractivity contribution in [3.8, 4) is 11.4 Å². The zero-order valence-corrected chi connectivity index (χ0v) is 17.4. The number of urea groups is 1. The van der Waals surface area contributed by atoms with Crippen LogP contribution in [0.5, 0.6) is 0 Å². The van der Waals surface area contributed by atoms with E-state index in [0.29, 0.717) is 28.3 Å². The average molecular weight is 434 g/mol. The van der Waals surface area contributed by atoms with Gasteiger partial charge in [0.05, 0.1) is 18.1 Å². The maximum absolute atomic E-state index is 12.4. The molecule has 29 heavy (non-hydrogen) atoms. The molecule has 0 saturated carbocycles. The highest BCUT2D eigenvalue weighted by molar-refractivity contribution is 8.00. The molecule has 0 fully saturated rings. The molecule has 0 aliphatic heterocycles. The standard InChI is InChI=1S/C19H20ClN5O3S/c1-11(2)15(17(26)22-18(21)27)29-19-24-23-16(12-5-7-13(20)8-6-12)25(19)10-14-4-3-9-28-14/h3-9,11,15H,10H2,1-2H3,(H3,21,22,26,27). The topological polar surface area (TPSA) is 116 Å². The maximum Gasteiger partial charge on any atom is 0.318 e. The van der Waals surface area contributed by atoms with Crippen molar-refractivity contribution in [3.05, 3.63) is 53.4 Å². The summed E-state index contributed by atoms with van der Waals surface area (Å²) in [6, 6.07) is 9.99. The Morgan fingerprint density at radius 3 is 2.55 bits per heavy atom. The van der Waals surface area contributed by atoms with Gasteiger partial charge in [-0.05, 0) is 42.3 Å². The van der Waals surface area contributed by atoms with E-state index in [4.69, 9.17) is 21.8 Å². The third kappa shape index (κ3) is 5.18. The number of primary amides is 1. The Bertz CT molecular complexity index is 986. The summed E-state index contributed by atoms with van der Waals surface area (Å²) in [7, 11) is 0. The fraction of sp³-hybridized carbons (Fsp3) is 0.263. The molecule has 0 spiro atoms. The number of carbonyl (C=O) groups is 2. The number of amides is 3. The Morgan fingerprint density at radius 2 is 1.97 bits per heavy atom. The number of nitrogens with one attached hydrogen (secondary N) is 1. The Labute approximate surface area is 176 Å². The summed E-state index contributed by atoms with van der Waals surface area (Å²) < 4.78 is 7.34. The molecule has 1 aromatic carbocycles. The smallest absolute Gasteiger partial charge is 0.318 e. The average Bonchev–Trinajstić information content (AvgIpc) is 3.30. The third-order valence-electron chi connectivity index (χ3n) is 4.06. The number of benzene rings is 1. The molecule has 1 unspecified atom stereocenters. The number of nitrogens with two attached hydrogens (primary N) is 1. The van der Waals surface area contributed by atoms with Gasteiger partial charge in [-0.1, -0.05) is 37.2 Å². The minimum absolute atomic E-state index is 0.0768. The lowest BCUT2D eigenvalue weighted by molar-refractivity contribution is -0.120. The van der Waals surface area contributed by atoms with Crippen LogP contribution in [0.2, 0.25) is 5.02 Å². The predicted molar refractivity (Wildman–Crippen MR) is 110 cm³/mol. The van der Waals surface area contributed by atoms with Crippen LogP contribution in [0.3, 0.4) is 0 Å². The molecule has 3 amide bonds. The van der Waals surface area contributed by atoms with E-state index in [1.54, 1.807) is 24.5 Å². The highest BCUT2D eigenvalue weighted by Gasteiger charge is 2.28. The van der Waals surface area contributed by atoms with Gasteiger partial charge in [0.15, 0.2) is 11.0 Å². The molecule has 0 aliphatic carbocycles. The molecule has 2 aromatic heterocycles. The highest BCUT2D eigenvalue weighted by atomic mass is 35.5. The van der Waals surface area contributed by atoms with Crippen LogP contribution >= 0.6 is 23.4 Å².